The summed E-state index contributed by atoms with van der Waals surface area (Å²) < 4.78 is 0. The Labute approximate surface area is 145 Å². The van der Waals surface area contributed by atoms with Crippen LogP contribution in [-0.2, 0) is 9.59 Å². The Balaban J connectivity index is 1.63. The van der Waals surface area contributed by atoms with Crippen molar-refractivity contribution >= 4 is 35.2 Å². The van der Waals surface area contributed by atoms with Gasteiger partial charge < -0.3 is 10.2 Å². The molecule has 2 amide bonds. The molecule has 1 aliphatic rings. The first kappa shape index (κ1) is 16.2. The smallest absolute Gasteiger partial charge is 0.249 e. The quantitative estimate of drug-likeness (QED) is 0.870. The van der Waals surface area contributed by atoms with Gasteiger partial charge in [-0.1, -0.05) is 29.8 Å². The number of rotatable bonds is 4. The summed E-state index contributed by atoms with van der Waals surface area (Å²) in [7, 11) is 0. The molecule has 2 heterocycles. The number of nitrogens with zero attached hydrogens (tertiary/aromatic N) is 2. The van der Waals surface area contributed by atoms with Gasteiger partial charge in [-0.15, -0.1) is 0 Å². The van der Waals surface area contributed by atoms with Crippen molar-refractivity contribution in [2.45, 2.75) is 12.5 Å². The van der Waals surface area contributed by atoms with Gasteiger partial charge in [0, 0.05) is 18.8 Å². The van der Waals surface area contributed by atoms with Gasteiger partial charge in [0.1, 0.15) is 6.04 Å². The molecule has 1 aliphatic heterocycles. The number of benzene rings is 1. The molecule has 1 fully saturated rings. The van der Waals surface area contributed by atoms with Crippen LogP contribution < -0.4 is 10.2 Å². The van der Waals surface area contributed by atoms with Gasteiger partial charge in [-0.05, 0) is 36.8 Å². The van der Waals surface area contributed by atoms with E-state index in [1.54, 1.807) is 41.4 Å². The first-order valence-electron chi connectivity index (χ1n) is 7.60. The average molecular weight is 342 g/mol. The first-order valence-corrected chi connectivity index (χ1v) is 7.98. The molecule has 2 aromatic rings. The van der Waals surface area contributed by atoms with Gasteiger partial charge in [-0.3, -0.25) is 14.6 Å². The molecule has 0 bridgehead atoms. The second kappa shape index (κ2) is 7.27. The van der Waals surface area contributed by atoms with Crippen LogP contribution in [0.3, 0.4) is 0 Å². The summed E-state index contributed by atoms with van der Waals surface area (Å²) in [5.74, 6) is -0.470. The van der Waals surface area contributed by atoms with E-state index < -0.39 is 6.04 Å². The van der Waals surface area contributed by atoms with Crippen LogP contribution in [0.1, 0.15) is 12.1 Å². The summed E-state index contributed by atoms with van der Waals surface area (Å²) in [5, 5.41) is 3.25. The van der Waals surface area contributed by atoms with Crippen molar-refractivity contribution < 1.29 is 9.59 Å². The van der Waals surface area contributed by atoms with Crippen molar-refractivity contribution in [2.75, 3.05) is 11.4 Å². The predicted molar refractivity (Wildman–Crippen MR) is 93.6 cm³/mol. The summed E-state index contributed by atoms with van der Waals surface area (Å²) in [6, 6.07) is 12.1. The number of halogens is 1. The molecule has 1 N–H and O–H groups in total. The molecule has 0 radical (unpaired) electrons. The largest absolute Gasteiger partial charge is 0.341 e. The van der Waals surface area contributed by atoms with Gasteiger partial charge >= 0.3 is 0 Å². The second-order valence-electron chi connectivity index (χ2n) is 5.38. The van der Waals surface area contributed by atoms with Crippen LogP contribution in [0.15, 0.2) is 54.7 Å². The van der Waals surface area contributed by atoms with Crippen LogP contribution in [0.5, 0.6) is 0 Å². The van der Waals surface area contributed by atoms with Gasteiger partial charge in [0.05, 0.1) is 16.4 Å². The highest BCUT2D eigenvalue weighted by molar-refractivity contribution is 6.34. The van der Waals surface area contributed by atoms with E-state index in [9.17, 15) is 9.59 Å². The summed E-state index contributed by atoms with van der Waals surface area (Å²) in [5.41, 5.74) is 1.35. The lowest BCUT2D eigenvalue weighted by Gasteiger charge is -2.18. The van der Waals surface area contributed by atoms with Crippen molar-refractivity contribution in [3.05, 3.63) is 65.5 Å². The SMILES string of the molecule is O=C(/C=C/c1ccccn1)NC1CCN(c2ccccc2Cl)C1=O. The van der Waals surface area contributed by atoms with E-state index >= 15 is 0 Å². The number of carbonyl (C=O) groups is 2. The highest BCUT2D eigenvalue weighted by Crippen LogP contribution is 2.28. The van der Waals surface area contributed by atoms with Gasteiger partial charge in [0.15, 0.2) is 0 Å². The fourth-order valence-corrected chi connectivity index (χ4v) is 2.82. The van der Waals surface area contributed by atoms with Gasteiger partial charge in [-0.25, -0.2) is 0 Å². The number of anilines is 1. The van der Waals surface area contributed by atoms with Gasteiger partial charge in [-0.2, -0.15) is 0 Å². The Kier molecular flexibility index (Phi) is 4.91. The standard InChI is InChI=1S/C18H16ClN3O2/c19-14-6-1-2-7-16(14)22-12-10-15(18(22)24)21-17(23)9-8-13-5-3-4-11-20-13/h1-9,11,15H,10,12H2,(H,21,23)/b9-8+. The normalized spacial score (nSPS) is 17.5. The van der Waals surface area contributed by atoms with Crippen molar-refractivity contribution in [3.63, 3.8) is 0 Å². The maximum absolute atomic E-state index is 12.5. The van der Waals surface area contributed by atoms with E-state index in [-0.39, 0.29) is 11.8 Å². The minimum atomic E-state index is -0.540. The van der Waals surface area contributed by atoms with Gasteiger partial charge in [0.25, 0.3) is 0 Å². The fourth-order valence-electron chi connectivity index (χ4n) is 2.58. The van der Waals surface area contributed by atoms with Crippen molar-refractivity contribution in [1.29, 1.82) is 0 Å². The zero-order valence-corrected chi connectivity index (χ0v) is 13.6. The Bertz CT molecular complexity index is 777. The maximum Gasteiger partial charge on any atom is 0.249 e. The molecule has 0 aliphatic carbocycles. The lowest BCUT2D eigenvalue weighted by atomic mass is 10.2. The zero-order chi connectivity index (χ0) is 16.9. The minimum Gasteiger partial charge on any atom is -0.341 e. The van der Waals surface area contributed by atoms with Gasteiger partial charge in [0.2, 0.25) is 11.8 Å². The van der Waals surface area contributed by atoms with E-state index in [1.807, 2.05) is 18.2 Å². The number of hydrogen-bond donors (Lipinski definition) is 1. The number of hydrogen-bond acceptors (Lipinski definition) is 3. The van der Waals surface area contributed by atoms with Crippen molar-refractivity contribution in [2.24, 2.45) is 0 Å². The molecule has 1 unspecified atom stereocenters. The van der Waals surface area contributed by atoms with Crippen molar-refractivity contribution in [3.8, 4) is 0 Å². The minimum absolute atomic E-state index is 0.150. The molecule has 0 spiro atoms. The van der Waals surface area contributed by atoms with Crippen LogP contribution in [0.2, 0.25) is 5.02 Å². The fraction of sp³-hybridized carbons (Fsp3) is 0.167. The van der Waals surface area contributed by atoms with E-state index in [0.29, 0.717) is 29.4 Å². The molecule has 24 heavy (non-hydrogen) atoms. The topological polar surface area (TPSA) is 62.3 Å². The molecule has 1 aromatic carbocycles. The zero-order valence-electron chi connectivity index (χ0n) is 12.9. The summed E-state index contributed by atoms with van der Waals surface area (Å²) in [6.45, 7) is 0.525. The maximum atomic E-state index is 12.5. The number of nitrogens with one attached hydrogen (secondary N) is 1. The molecular weight excluding hydrogens is 326 g/mol. The van der Waals surface area contributed by atoms with Crippen LogP contribution in [0.4, 0.5) is 5.69 Å². The Morgan fingerprint density at radius 1 is 1.25 bits per heavy atom. The molecule has 0 saturated carbocycles. The Morgan fingerprint density at radius 3 is 2.79 bits per heavy atom. The monoisotopic (exact) mass is 341 g/mol. The third-order valence-electron chi connectivity index (χ3n) is 3.76. The molecule has 5 nitrogen and oxygen atoms in total. The lowest BCUT2D eigenvalue weighted by Crippen LogP contribution is -2.40. The van der Waals surface area contributed by atoms with E-state index in [4.69, 9.17) is 11.6 Å². The average Bonchev–Trinajstić information content (AvgIpc) is 2.95. The molecule has 1 aromatic heterocycles. The molecule has 122 valence electrons. The summed E-state index contributed by atoms with van der Waals surface area (Å²) in [4.78, 5) is 30.2. The van der Waals surface area contributed by atoms with Crippen LogP contribution >= 0.6 is 11.6 Å². The van der Waals surface area contributed by atoms with E-state index in [1.165, 1.54) is 6.08 Å². The highest BCUT2D eigenvalue weighted by atomic mass is 35.5. The lowest BCUT2D eigenvalue weighted by molar-refractivity contribution is -0.123. The summed E-state index contributed by atoms with van der Waals surface area (Å²) >= 11 is 6.14. The number of amides is 2. The number of aromatic nitrogens is 1. The van der Waals surface area contributed by atoms with Crippen LogP contribution in [0, 0.1) is 0 Å². The summed E-state index contributed by atoms with van der Waals surface area (Å²) in [6.07, 6.45) is 5.20. The van der Waals surface area contributed by atoms with Crippen LogP contribution in [-0.4, -0.2) is 29.4 Å². The molecule has 6 heteroatoms. The number of pyridine rings is 1. The first-order chi connectivity index (χ1) is 11.6. The third kappa shape index (κ3) is 3.63. The Morgan fingerprint density at radius 2 is 2.04 bits per heavy atom. The molecule has 3 rings (SSSR count). The van der Waals surface area contributed by atoms with Crippen molar-refractivity contribution in [1.82, 2.24) is 10.3 Å². The third-order valence-corrected chi connectivity index (χ3v) is 4.08. The molecule has 1 atom stereocenters. The molecule has 1 saturated heterocycles. The number of carbonyl (C=O) groups excluding carboxylic acids is 2. The second-order valence-corrected chi connectivity index (χ2v) is 5.79. The van der Waals surface area contributed by atoms with E-state index in [2.05, 4.69) is 10.3 Å². The van der Waals surface area contributed by atoms with E-state index in [0.717, 1.165) is 0 Å². The highest BCUT2D eigenvalue weighted by Gasteiger charge is 2.33. The number of para-hydroxylation sites is 1. The Hall–Kier alpha value is -2.66. The predicted octanol–water partition coefficient (Wildman–Crippen LogP) is 2.67. The van der Waals surface area contributed by atoms with Crippen LogP contribution in [0.25, 0.3) is 6.08 Å². The molecular formula is C18H16ClN3O2.